The maximum atomic E-state index is 5.63. The van der Waals surface area contributed by atoms with Crippen molar-refractivity contribution < 1.29 is 0 Å². The van der Waals surface area contributed by atoms with Crippen LogP contribution < -0.4 is 11.1 Å². The summed E-state index contributed by atoms with van der Waals surface area (Å²) in [5.74, 6) is 0.408. The molecule has 1 heterocycles. The second-order valence-corrected chi connectivity index (χ2v) is 3.11. The fourth-order valence-electron chi connectivity index (χ4n) is 0.948. The monoisotopic (exact) mass is 212 g/mol. The maximum absolute atomic E-state index is 5.63. The van der Waals surface area contributed by atoms with Crippen molar-refractivity contribution in [2.75, 3.05) is 19.3 Å². The second-order valence-electron chi connectivity index (χ2n) is 2.77. The normalized spacial score (nSPS) is 11.0. The third kappa shape index (κ3) is 3.32. The van der Waals surface area contributed by atoms with Crippen LogP contribution in [0, 0.1) is 0 Å². The minimum atomic E-state index is 0.176. The highest BCUT2D eigenvalue weighted by Gasteiger charge is 1.97. The number of hydrogen-bond donors (Lipinski definition) is 2. The van der Waals surface area contributed by atoms with Gasteiger partial charge < -0.3 is 11.1 Å². The van der Waals surface area contributed by atoms with Gasteiger partial charge in [0.05, 0.1) is 0 Å². The molecule has 0 unspecified atom stereocenters. The number of nitrogen functional groups attached to an aromatic ring is 1. The number of nitrogens with one attached hydrogen (secondary N) is 1. The fourth-order valence-corrected chi connectivity index (χ4v) is 1.09. The molecule has 0 spiro atoms. The van der Waals surface area contributed by atoms with Gasteiger partial charge >= 0.3 is 0 Å². The molecule has 5 heteroatoms. The molecule has 1 aromatic rings. The lowest BCUT2D eigenvalue weighted by molar-refractivity contribution is 0.809. The Kier molecular flexibility index (Phi) is 4.35. The third-order valence-electron chi connectivity index (χ3n) is 1.68. The summed E-state index contributed by atoms with van der Waals surface area (Å²) in [5.41, 5.74) is 6.43. The van der Waals surface area contributed by atoms with Crippen LogP contribution in [0.1, 0.15) is 12.0 Å². The molecular weight excluding hydrogens is 200 g/mol. The summed E-state index contributed by atoms with van der Waals surface area (Å²) < 4.78 is 0. The quantitative estimate of drug-likeness (QED) is 0.584. The SMILES string of the molecule is CNCCC=Cc1cnc(Cl)nc1N. The molecule has 0 aliphatic rings. The van der Waals surface area contributed by atoms with E-state index in [9.17, 15) is 0 Å². The first-order valence-corrected chi connectivity index (χ1v) is 4.71. The first kappa shape index (κ1) is 10.9. The lowest BCUT2D eigenvalue weighted by Gasteiger charge is -1.98. The van der Waals surface area contributed by atoms with E-state index in [0.29, 0.717) is 5.82 Å². The molecule has 0 aliphatic heterocycles. The van der Waals surface area contributed by atoms with Crippen LogP contribution in [0.4, 0.5) is 5.82 Å². The fraction of sp³-hybridized carbons (Fsp3) is 0.333. The molecule has 0 atom stereocenters. The van der Waals surface area contributed by atoms with Crippen LogP contribution in [0.15, 0.2) is 12.3 Å². The molecule has 0 saturated heterocycles. The first-order valence-electron chi connectivity index (χ1n) is 4.33. The van der Waals surface area contributed by atoms with Crippen LogP contribution in [0.25, 0.3) is 6.08 Å². The Bertz CT molecular complexity index is 325. The molecule has 1 aromatic heterocycles. The standard InChI is InChI=1S/C9H13ClN4/c1-12-5-3-2-4-7-6-13-9(10)14-8(7)11/h2,4,6,12H,3,5H2,1H3,(H2,11,13,14). The molecule has 3 N–H and O–H groups in total. The van der Waals surface area contributed by atoms with Crippen molar-refractivity contribution in [1.82, 2.24) is 15.3 Å². The Labute approximate surface area is 88.2 Å². The van der Waals surface area contributed by atoms with E-state index in [0.717, 1.165) is 18.5 Å². The zero-order valence-corrected chi connectivity index (χ0v) is 8.75. The maximum Gasteiger partial charge on any atom is 0.224 e. The van der Waals surface area contributed by atoms with Crippen molar-refractivity contribution in [3.63, 3.8) is 0 Å². The van der Waals surface area contributed by atoms with Gasteiger partial charge in [0.15, 0.2) is 0 Å². The van der Waals surface area contributed by atoms with E-state index in [2.05, 4.69) is 15.3 Å². The van der Waals surface area contributed by atoms with Crippen molar-refractivity contribution in [3.05, 3.63) is 23.1 Å². The molecule has 4 nitrogen and oxygen atoms in total. The number of hydrogen-bond acceptors (Lipinski definition) is 4. The Hall–Kier alpha value is -1.13. The van der Waals surface area contributed by atoms with Gasteiger partial charge in [-0.2, -0.15) is 0 Å². The number of aromatic nitrogens is 2. The van der Waals surface area contributed by atoms with Crippen molar-refractivity contribution in [3.8, 4) is 0 Å². The van der Waals surface area contributed by atoms with E-state index < -0.39 is 0 Å². The van der Waals surface area contributed by atoms with Crippen LogP contribution in [-0.4, -0.2) is 23.6 Å². The number of halogens is 1. The van der Waals surface area contributed by atoms with Gasteiger partial charge in [0, 0.05) is 11.8 Å². The minimum absolute atomic E-state index is 0.176. The molecule has 0 amide bonds. The summed E-state index contributed by atoms with van der Waals surface area (Å²) in [6, 6.07) is 0. The largest absolute Gasteiger partial charge is 0.383 e. The van der Waals surface area contributed by atoms with Crippen LogP contribution in [0.5, 0.6) is 0 Å². The Balaban J connectivity index is 2.62. The van der Waals surface area contributed by atoms with Gasteiger partial charge in [-0.15, -0.1) is 0 Å². The lowest BCUT2D eigenvalue weighted by Crippen LogP contribution is -2.05. The van der Waals surface area contributed by atoms with E-state index in [4.69, 9.17) is 17.3 Å². The Morgan fingerprint density at radius 2 is 2.43 bits per heavy atom. The van der Waals surface area contributed by atoms with Crippen LogP contribution in [0.2, 0.25) is 5.28 Å². The molecule has 1 rings (SSSR count). The van der Waals surface area contributed by atoms with Gasteiger partial charge in [-0.3, -0.25) is 0 Å². The topological polar surface area (TPSA) is 63.8 Å². The third-order valence-corrected chi connectivity index (χ3v) is 1.86. The van der Waals surface area contributed by atoms with Gasteiger partial charge in [-0.1, -0.05) is 12.2 Å². The van der Waals surface area contributed by atoms with E-state index in [1.165, 1.54) is 0 Å². The van der Waals surface area contributed by atoms with Crippen molar-refractivity contribution in [1.29, 1.82) is 0 Å². The first-order chi connectivity index (χ1) is 6.74. The molecule has 0 fully saturated rings. The number of nitrogens with two attached hydrogens (primary N) is 1. The van der Waals surface area contributed by atoms with Gasteiger partial charge in [0.2, 0.25) is 5.28 Å². The summed E-state index contributed by atoms with van der Waals surface area (Å²) in [7, 11) is 1.91. The number of anilines is 1. The zero-order chi connectivity index (χ0) is 10.4. The highest BCUT2D eigenvalue weighted by molar-refractivity contribution is 6.28. The number of rotatable bonds is 4. The summed E-state index contributed by atoms with van der Waals surface area (Å²) in [6.45, 7) is 0.935. The summed E-state index contributed by atoms with van der Waals surface area (Å²) in [4.78, 5) is 7.68. The molecule has 0 radical (unpaired) electrons. The molecule has 0 aliphatic carbocycles. The molecule has 14 heavy (non-hydrogen) atoms. The average Bonchev–Trinajstić information content (AvgIpc) is 2.15. The van der Waals surface area contributed by atoms with Crippen molar-refractivity contribution >= 4 is 23.5 Å². The van der Waals surface area contributed by atoms with E-state index in [-0.39, 0.29) is 5.28 Å². The Morgan fingerprint density at radius 1 is 1.64 bits per heavy atom. The van der Waals surface area contributed by atoms with Crippen LogP contribution in [-0.2, 0) is 0 Å². The second kappa shape index (κ2) is 5.57. The van der Waals surface area contributed by atoms with Gasteiger partial charge in [-0.25, -0.2) is 9.97 Å². The number of nitrogens with zero attached hydrogens (tertiary/aromatic N) is 2. The summed E-state index contributed by atoms with van der Waals surface area (Å²) in [5, 5.41) is 3.22. The average molecular weight is 213 g/mol. The lowest BCUT2D eigenvalue weighted by atomic mass is 10.2. The van der Waals surface area contributed by atoms with Gasteiger partial charge in [-0.05, 0) is 31.6 Å². The highest BCUT2D eigenvalue weighted by atomic mass is 35.5. The summed E-state index contributed by atoms with van der Waals surface area (Å²) in [6.07, 6.45) is 6.46. The predicted molar refractivity (Wildman–Crippen MR) is 59.0 cm³/mol. The summed E-state index contributed by atoms with van der Waals surface area (Å²) >= 11 is 5.56. The van der Waals surface area contributed by atoms with E-state index in [1.54, 1.807) is 6.20 Å². The van der Waals surface area contributed by atoms with Gasteiger partial charge in [0.25, 0.3) is 0 Å². The van der Waals surface area contributed by atoms with E-state index >= 15 is 0 Å². The molecular formula is C9H13ClN4. The van der Waals surface area contributed by atoms with Gasteiger partial charge in [0.1, 0.15) is 5.82 Å². The van der Waals surface area contributed by atoms with Crippen LogP contribution in [0.3, 0.4) is 0 Å². The molecule has 0 saturated carbocycles. The minimum Gasteiger partial charge on any atom is -0.383 e. The van der Waals surface area contributed by atoms with Crippen molar-refractivity contribution in [2.45, 2.75) is 6.42 Å². The molecule has 0 bridgehead atoms. The Morgan fingerprint density at radius 3 is 3.07 bits per heavy atom. The smallest absolute Gasteiger partial charge is 0.224 e. The van der Waals surface area contributed by atoms with Crippen LogP contribution >= 0.6 is 11.6 Å². The predicted octanol–water partition coefficient (Wildman–Crippen LogP) is 1.33. The molecule has 76 valence electrons. The molecule has 0 aromatic carbocycles. The van der Waals surface area contributed by atoms with Crippen molar-refractivity contribution in [2.24, 2.45) is 0 Å². The zero-order valence-electron chi connectivity index (χ0n) is 8.00. The van der Waals surface area contributed by atoms with E-state index in [1.807, 2.05) is 19.2 Å². The highest BCUT2D eigenvalue weighted by Crippen LogP contribution is 2.11.